The van der Waals surface area contributed by atoms with E-state index < -0.39 is 86.9 Å². The summed E-state index contributed by atoms with van der Waals surface area (Å²) >= 11 is 0. The van der Waals surface area contributed by atoms with Crippen molar-refractivity contribution >= 4 is 5.78 Å². The van der Waals surface area contributed by atoms with Crippen LogP contribution >= 0.6 is 0 Å². The molecular formula is C23H15F13MnN2O2. The van der Waals surface area contributed by atoms with E-state index in [4.69, 9.17) is 0 Å². The van der Waals surface area contributed by atoms with Gasteiger partial charge in [0, 0.05) is 22.6 Å². The molecule has 0 fully saturated rings. The van der Waals surface area contributed by atoms with E-state index in [2.05, 4.69) is 5.10 Å². The van der Waals surface area contributed by atoms with Crippen LogP contribution in [0.1, 0.15) is 57.7 Å². The second-order valence-corrected chi connectivity index (χ2v) is 7.67. The summed E-state index contributed by atoms with van der Waals surface area (Å²) < 4.78 is 172. The van der Waals surface area contributed by atoms with Crippen molar-refractivity contribution in [2.75, 3.05) is 0 Å². The zero-order chi connectivity index (χ0) is 31.2. The van der Waals surface area contributed by atoms with Crippen molar-refractivity contribution in [3.05, 3.63) is 75.2 Å². The van der Waals surface area contributed by atoms with Gasteiger partial charge in [-0.1, -0.05) is 13.8 Å². The third kappa shape index (κ3) is 7.52. The van der Waals surface area contributed by atoms with Gasteiger partial charge in [-0.05, 0) is 37.3 Å². The summed E-state index contributed by atoms with van der Waals surface area (Å²) in [5.74, 6) is -6.07. The zero-order valence-electron chi connectivity index (χ0n) is 20.4. The Morgan fingerprint density at radius 3 is 1.46 bits per heavy atom. The maximum Gasteiger partial charge on any atom is 0.419 e. The third-order valence-corrected chi connectivity index (χ3v) is 5.03. The number of hydrogen-bond acceptors (Lipinski definition) is 3. The maximum absolute atomic E-state index is 14.0. The van der Waals surface area contributed by atoms with Crippen molar-refractivity contribution in [3.8, 4) is 11.6 Å². The van der Waals surface area contributed by atoms with Gasteiger partial charge in [-0.15, -0.1) is 0 Å². The number of halogens is 13. The van der Waals surface area contributed by atoms with Crippen molar-refractivity contribution in [2.45, 2.75) is 45.5 Å². The van der Waals surface area contributed by atoms with Crippen LogP contribution in [0.5, 0.6) is 5.88 Å². The van der Waals surface area contributed by atoms with Crippen LogP contribution in [-0.4, -0.2) is 20.7 Å². The van der Waals surface area contributed by atoms with Gasteiger partial charge in [0.15, 0.2) is 5.78 Å². The molecule has 1 radical (unpaired) electrons. The number of aryl methyl sites for hydroxylation is 1. The molecule has 0 atom stereocenters. The van der Waals surface area contributed by atoms with Gasteiger partial charge in [0.05, 0.1) is 33.6 Å². The SMILES string of the molecule is CC.Cc1nn(-c2cc(C(F)(F)F)cc(C(F)(F)F)c2)c(O)c1C(=O)c1cc(C(F)(F)F)c(F)c(C(F)(F)F)c1.[Mn]. The van der Waals surface area contributed by atoms with Gasteiger partial charge in [0.25, 0.3) is 0 Å². The molecule has 0 spiro atoms. The molecule has 0 aliphatic heterocycles. The molecule has 0 saturated carbocycles. The van der Waals surface area contributed by atoms with Gasteiger partial charge in [-0.3, -0.25) is 4.79 Å². The first-order chi connectivity index (χ1) is 18.0. The molecule has 1 N–H and O–H groups in total. The standard InChI is InChI=1S/C21H9F13N2O2.C2H6.Mn/c1-7-14(16(37)8-2-12(20(29,30)31)15(22)13(3-8)21(32,33)34)17(38)36(35-7)11-5-9(18(23,24)25)4-10(6-11)19(26,27)28;1-2;/h2-6,38H,1H3;1-2H3;. The van der Waals surface area contributed by atoms with Crippen molar-refractivity contribution in [1.29, 1.82) is 0 Å². The molecule has 227 valence electrons. The smallest absolute Gasteiger partial charge is 0.419 e. The Labute approximate surface area is 232 Å². The molecule has 41 heavy (non-hydrogen) atoms. The summed E-state index contributed by atoms with van der Waals surface area (Å²) in [6.07, 6.45) is -22.1. The van der Waals surface area contributed by atoms with E-state index in [0.29, 0.717) is 0 Å². The van der Waals surface area contributed by atoms with Gasteiger partial charge in [-0.25, -0.2) is 9.07 Å². The Morgan fingerprint density at radius 1 is 0.732 bits per heavy atom. The van der Waals surface area contributed by atoms with Gasteiger partial charge >= 0.3 is 24.7 Å². The molecule has 4 nitrogen and oxygen atoms in total. The third-order valence-electron chi connectivity index (χ3n) is 5.03. The van der Waals surface area contributed by atoms with Crippen molar-refractivity contribution < 1.29 is 84.0 Å². The molecule has 1 heterocycles. The molecule has 0 amide bonds. The van der Waals surface area contributed by atoms with Crippen LogP contribution in [-0.2, 0) is 41.8 Å². The number of aromatic hydroxyl groups is 1. The quantitative estimate of drug-likeness (QED) is 0.176. The van der Waals surface area contributed by atoms with Crippen LogP contribution in [0, 0.1) is 12.7 Å². The van der Waals surface area contributed by atoms with Gasteiger partial charge in [0.2, 0.25) is 5.88 Å². The molecule has 0 saturated heterocycles. The maximum atomic E-state index is 14.0. The summed E-state index contributed by atoms with van der Waals surface area (Å²) in [7, 11) is 0. The second kappa shape index (κ2) is 11.9. The fourth-order valence-corrected chi connectivity index (χ4v) is 3.33. The van der Waals surface area contributed by atoms with Crippen molar-refractivity contribution in [3.63, 3.8) is 0 Å². The van der Waals surface area contributed by atoms with Gasteiger partial charge in [0.1, 0.15) is 11.4 Å². The van der Waals surface area contributed by atoms with Crippen LogP contribution in [0.25, 0.3) is 5.69 Å². The van der Waals surface area contributed by atoms with E-state index in [9.17, 15) is 67.0 Å². The Balaban J connectivity index is 0.00000274. The summed E-state index contributed by atoms with van der Waals surface area (Å²) in [5, 5.41) is 13.8. The molecule has 0 unspecified atom stereocenters. The molecule has 0 bridgehead atoms. The molecule has 0 aliphatic rings. The molecule has 18 heteroatoms. The summed E-state index contributed by atoms with van der Waals surface area (Å²) in [6.45, 7) is 4.83. The topological polar surface area (TPSA) is 55.1 Å². The number of carbonyl (C=O) groups is 1. The average Bonchev–Trinajstić information content (AvgIpc) is 3.10. The summed E-state index contributed by atoms with van der Waals surface area (Å²) in [6, 6.07) is -0.669. The number of hydrogen-bond donors (Lipinski definition) is 1. The van der Waals surface area contributed by atoms with E-state index in [1.54, 1.807) is 0 Å². The number of carbonyl (C=O) groups excluding carboxylic acids is 1. The molecule has 2 aromatic carbocycles. The molecular weight excluding hydrogens is 638 g/mol. The summed E-state index contributed by atoms with van der Waals surface area (Å²) in [5.41, 5.74) is -13.1. The minimum absolute atomic E-state index is 0. The number of alkyl halides is 12. The van der Waals surface area contributed by atoms with E-state index in [1.165, 1.54) is 0 Å². The number of benzene rings is 2. The van der Waals surface area contributed by atoms with Gasteiger partial charge in [-0.2, -0.15) is 57.8 Å². The normalized spacial score (nSPS) is 12.4. The second-order valence-electron chi connectivity index (χ2n) is 7.67. The van der Waals surface area contributed by atoms with E-state index in [1.807, 2.05) is 13.8 Å². The number of nitrogens with zero attached hydrogens (tertiary/aromatic N) is 2. The average molecular weight is 653 g/mol. The fraction of sp³-hybridized carbons (Fsp3) is 0.304. The molecule has 3 aromatic rings. The first kappa shape index (κ1) is 35.8. The first-order valence-corrected chi connectivity index (χ1v) is 10.6. The van der Waals surface area contributed by atoms with E-state index in [-0.39, 0.29) is 52.1 Å². The van der Waals surface area contributed by atoms with Crippen LogP contribution < -0.4 is 0 Å². The zero-order valence-corrected chi connectivity index (χ0v) is 21.6. The Morgan fingerprint density at radius 2 is 1.12 bits per heavy atom. The monoisotopic (exact) mass is 653 g/mol. The largest absolute Gasteiger partial charge is 0.493 e. The molecule has 3 rings (SSSR count). The van der Waals surface area contributed by atoms with Crippen LogP contribution in [0.15, 0.2) is 30.3 Å². The van der Waals surface area contributed by atoms with Crippen molar-refractivity contribution in [2.24, 2.45) is 0 Å². The molecule has 0 aliphatic carbocycles. The van der Waals surface area contributed by atoms with Gasteiger partial charge < -0.3 is 5.11 Å². The Kier molecular flexibility index (Phi) is 10.4. The Bertz CT molecular complexity index is 1350. The van der Waals surface area contributed by atoms with E-state index >= 15 is 0 Å². The Hall–Kier alpha value is -3.27. The van der Waals surface area contributed by atoms with Crippen LogP contribution in [0.2, 0.25) is 0 Å². The van der Waals surface area contributed by atoms with E-state index in [0.717, 1.165) is 6.92 Å². The predicted molar refractivity (Wildman–Crippen MR) is 111 cm³/mol. The minimum Gasteiger partial charge on any atom is -0.493 e. The minimum atomic E-state index is -5.71. The van der Waals surface area contributed by atoms with Crippen LogP contribution in [0.4, 0.5) is 57.1 Å². The number of rotatable bonds is 3. The molecule has 1 aromatic heterocycles. The van der Waals surface area contributed by atoms with Crippen molar-refractivity contribution in [1.82, 2.24) is 9.78 Å². The predicted octanol–water partition coefficient (Wildman–Crippen LogP) is 8.36. The first-order valence-electron chi connectivity index (χ1n) is 10.6. The van der Waals surface area contributed by atoms with Crippen LogP contribution in [0.3, 0.4) is 0 Å². The fourth-order valence-electron chi connectivity index (χ4n) is 3.33. The number of ketones is 1. The summed E-state index contributed by atoms with van der Waals surface area (Å²) in [4.78, 5) is 12.8. The number of aromatic nitrogens is 2.